The SMILES string of the molecule is Cc1cccc(CC(=O)N2CCC(C(=O)NC3CCCC3)CC2)c1. The van der Waals surface area contributed by atoms with E-state index in [1.165, 1.54) is 18.4 Å². The van der Waals surface area contributed by atoms with Gasteiger partial charge in [0.1, 0.15) is 0 Å². The van der Waals surface area contributed by atoms with Crippen molar-refractivity contribution in [2.45, 2.75) is 57.9 Å². The molecule has 0 atom stereocenters. The normalized spacial score (nSPS) is 19.5. The number of likely N-dealkylation sites (tertiary alicyclic amines) is 1. The van der Waals surface area contributed by atoms with Crippen molar-refractivity contribution in [2.75, 3.05) is 13.1 Å². The number of carbonyl (C=O) groups is 2. The van der Waals surface area contributed by atoms with Crippen LogP contribution < -0.4 is 5.32 Å². The summed E-state index contributed by atoms with van der Waals surface area (Å²) in [7, 11) is 0. The lowest BCUT2D eigenvalue weighted by molar-refractivity contribution is -0.135. The number of amides is 2. The molecule has 2 aliphatic rings. The summed E-state index contributed by atoms with van der Waals surface area (Å²) in [5, 5.41) is 3.20. The molecule has 1 aromatic carbocycles. The van der Waals surface area contributed by atoms with E-state index in [9.17, 15) is 9.59 Å². The first-order valence-electron chi connectivity index (χ1n) is 9.25. The number of carbonyl (C=O) groups excluding carboxylic acids is 2. The van der Waals surface area contributed by atoms with Crippen molar-refractivity contribution >= 4 is 11.8 Å². The van der Waals surface area contributed by atoms with Crippen LogP contribution >= 0.6 is 0 Å². The molecular weight excluding hydrogens is 300 g/mol. The van der Waals surface area contributed by atoms with Gasteiger partial charge < -0.3 is 10.2 Å². The van der Waals surface area contributed by atoms with Crippen molar-refractivity contribution in [3.63, 3.8) is 0 Å². The highest BCUT2D eigenvalue weighted by atomic mass is 16.2. The predicted octanol–water partition coefficient (Wildman–Crippen LogP) is 2.83. The summed E-state index contributed by atoms with van der Waals surface area (Å²) in [5.74, 6) is 0.455. The molecule has 0 spiro atoms. The molecular formula is C20H28N2O2. The van der Waals surface area contributed by atoms with Crippen molar-refractivity contribution < 1.29 is 9.59 Å². The van der Waals surface area contributed by atoms with Crippen LogP contribution in [0.1, 0.15) is 49.7 Å². The molecule has 2 fully saturated rings. The number of benzene rings is 1. The predicted molar refractivity (Wildman–Crippen MR) is 94.6 cm³/mol. The fourth-order valence-electron chi connectivity index (χ4n) is 3.89. The first-order valence-corrected chi connectivity index (χ1v) is 9.25. The molecule has 4 nitrogen and oxygen atoms in total. The minimum Gasteiger partial charge on any atom is -0.353 e. The lowest BCUT2D eigenvalue weighted by Crippen LogP contribution is -2.45. The van der Waals surface area contributed by atoms with Gasteiger partial charge >= 0.3 is 0 Å². The summed E-state index contributed by atoms with van der Waals surface area (Å²) < 4.78 is 0. The van der Waals surface area contributed by atoms with E-state index < -0.39 is 0 Å². The van der Waals surface area contributed by atoms with E-state index in [1.807, 2.05) is 30.0 Å². The fraction of sp³-hybridized carbons (Fsp3) is 0.600. The van der Waals surface area contributed by atoms with E-state index in [-0.39, 0.29) is 17.7 Å². The lowest BCUT2D eigenvalue weighted by atomic mass is 9.95. The second kappa shape index (κ2) is 7.82. The molecule has 0 unspecified atom stereocenters. The Hall–Kier alpha value is -1.84. The van der Waals surface area contributed by atoms with Crippen LogP contribution in [0.15, 0.2) is 24.3 Å². The van der Waals surface area contributed by atoms with Gasteiger partial charge in [-0.1, -0.05) is 42.7 Å². The maximum Gasteiger partial charge on any atom is 0.226 e. The molecule has 3 rings (SSSR count). The van der Waals surface area contributed by atoms with Crippen LogP contribution in [0.4, 0.5) is 0 Å². The molecule has 0 radical (unpaired) electrons. The third-order valence-electron chi connectivity index (χ3n) is 5.36. The highest BCUT2D eigenvalue weighted by molar-refractivity contribution is 5.81. The number of piperidine rings is 1. The van der Waals surface area contributed by atoms with Crippen LogP contribution in [-0.2, 0) is 16.0 Å². The van der Waals surface area contributed by atoms with Gasteiger partial charge in [0, 0.05) is 25.0 Å². The molecule has 1 aliphatic carbocycles. The van der Waals surface area contributed by atoms with E-state index in [0.717, 1.165) is 31.2 Å². The van der Waals surface area contributed by atoms with Crippen molar-refractivity contribution in [1.29, 1.82) is 0 Å². The summed E-state index contributed by atoms with van der Waals surface area (Å²) in [6.07, 6.45) is 6.75. The van der Waals surface area contributed by atoms with Crippen molar-refractivity contribution in [3.05, 3.63) is 35.4 Å². The maximum atomic E-state index is 12.5. The van der Waals surface area contributed by atoms with Gasteiger partial charge in [-0.2, -0.15) is 0 Å². The molecule has 0 aromatic heterocycles. The topological polar surface area (TPSA) is 49.4 Å². The fourth-order valence-corrected chi connectivity index (χ4v) is 3.89. The average Bonchev–Trinajstić information content (AvgIpc) is 3.08. The number of rotatable bonds is 4. The van der Waals surface area contributed by atoms with E-state index in [4.69, 9.17) is 0 Å². The van der Waals surface area contributed by atoms with Gasteiger partial charge in [0.25, 0.3) is 0 Å². The Kier molecular flexibility index (Phi) is 5.54. The third-order valence-corrected chi connectivity index (χ3v) is 5.36. The van der Waals surface area contributed by atoms with Crippen molar-refractivity contribution in [1.82, 2.24) is 10.2 Å². The number of aryl methyl sites for hydroxylation is 1. The Morgan fingerprint density at radius 3 is 2.50 bits per heavy atom. The van der Waals surface area contributed by atoms with E-state index in [2.05, 4.69) is 11.4 Å². The first kappa shape index (κ1) is 17.0. The zero-order valence-corrected chi connectivity index (χ0v) is 14.6. The van der Waals surface area contributed by atoms with Crippen LogP contribution in [0, 0.1) is 12.8 Å². The van der Waals surface area contributed by atoms with Crippen LogP contribution in [0.5, 0.6) is 0 Å². The van der Waals surface area contributed by atoms with Gasteiger partial charge in [-0.25, -0.2) is 0 Å². The maximum absolute atomic E-state index is 12.5. The summed E-state index contributed by atoms with van der Waals surface area (Å²) in [4.78, 5) is 26.7. The van der Waals surface area contributed by atoms with E-state index in [1.54, 1.807) is 0 Å². The van der Waals surface area contributed by atoms with Crippen LogP contribution in [0.2, 0.25) is 0 Å². The number of nitrogens with zero attached hydrogens (tertiary/aromatic N) is 1. The Bertz CT molecular complexity index is 585. The first-order chi connectivity index (χ1) is 11.6. The minimum absolute atomic E-state index is 0.0774. The summed E-state index contributed by atoms with van der Waals surface area (Å²) in [6.45, 7) is 3.45. The summed E-state index contributed by atoms with van der Waals surface area (Å²) in [6, 6.07) is 8.50. The molecule has 2 amide bonds. The Balaban J connectivity index is 1.45. The average molecular weight is 328 g/mol. The second-order valence-corrected chi connectivity index (χ2v) is 7.31. The molecule has 0 bridgehead atoms. The molecule has 1 saturated heterocycles. The Morgan fingerprint density at radius 1 is 1.12 bits per heavy atom. The van der Waals surface area contributed by atoms with Crippen molar-refractivity contribution in [3.8, 4) is 0 Å². The smallest absolute Gasteiger partial charge is 0.226 e. The second-order valence-electron chi connectivity index (χ2n) is 7.31. The molecule has 1 aromatic rings. The lowest BCUT2D eigenvalue weighted by Gasteiger charge is -2.32. The van der Waals surface area contributed by atoms with Gasteiger partial charge in [-0.15, -0.1) is 0 Å². The largest absolute Gasteiger partial charge is 0.353 e. The third kappa shape index (κ3) is 4.37. The van der Waals surface area contributed by atoms with Gasteiger partial charge in [0.2, 0.25) is 11.8 Å². The molecule has 4 heteroatoms. The van der Waals surface area contributed by atoms with Crippen molar-refractivity contribution in [2.24, 2.45) is 5.92 Å². The molecule has 1 aliphatic heterocycles. The van der Waals surface area contributed by atoms with E-state index in [0.29, 0.717) is 25.6 Å². The number of hydrogen-bond donors (Lipinski definition) is 1. The highest BCUT2D eigenvalue weighted by Crippen LogP contribution is 2.22. The van der Waals surface area contributed by atoms with Gasteiger partial charge in [-0.05, 0) is 38.2 Å². The molecule has 1 saturated carbocycles. The summed E-state index contributed by atoms with van der Waals surface area (Å²) in [5.41, 5.74) is 2.25. The molecule has 130 valence electrons. The quantitative estimate of drug-likeness (QED) is 0.924. The zero-order chi connectivity index (χ0) is 16.9. The minimum atomic E-state index is 0.0774. The molecule has 1 heterocycles. The standard InChI is InChI=1S/C20H28N2O2/c1-15-5-4-6-16(13-15)14-19(23)22-11-9-17(10-12-22)20(24)21-18-7-2-3-8-18/h4-6,13,17-18H,2-3,7-12,14H2,1H3,(H,21,24). The highest BCUT2D eigenvalue weighted by Gasteiger charge is 2.29. The Labute approximate surface area is 144 Å². The molecule has 24 heavy (non-hydrogen) atoms. The number of hydrogen-bond acceptors (Lipinski definition) is 2. The molecule has 1 N–H and O–H groups in total. The van der Waals surface area contributed by atoms with Gasteiger partial charge in [0.15, 0.2) is 0 Å². The Morgan fingerprint density at radius 2 is 1.83 bits per heavy atom. The van der Waals surface area contributed by atoms with Crippen LogP contribution in [0.25, 0.3) is 0 Å². The number of nitrogens with one attached hydrogen (secondary N) is 1. The van der Waals surface area contributed by atoms with Gasteiger partial charge in [0.05, 0.1) is 6.42 Å². The van der Waals surface area contributed by atoms with Crippen LogP contribution in [0.3, 0.4) is 0 Å². The van der Waals surface area contributed by atoms with Crippen LogP contribution in [-0.4, -0.2) is 35.8 Å². The van der Waals surface area contributed by atoms with Gasteiger partial charge in [-0.3, -0.25) is 9.59 Å². The monoisotopic (exact) mass is 328 g/mol. The zero-order valence-electron chi connectivity index (χ0n) is 14.6. The van der Waals surface area contributed by atoms with E-state index >= 15 is 0 Å². The summed E-state index contributed by atoms with van der Waals surface area (Å²) >= 11 is 0.